The van der Waals surface area contributed by atoms with Gasteiger partial charge in [-0.25, -0.2) is 0 Å². The summed E-state index contributed by atoms with van der Waals surface area (Å²) in [4.78, 5) is 13.8. The van der Waals surface area contributed by atoms with Crippen molar-refractivity contribution < 1.29 is 14.3 Å². The summed E-state index contributed by atoms with van der Waals surface area (Å²) in [6.45, 7) is 2.22. The lowest BCUT2D eigenvalue weighted by Crippen LogP contribution is -2.28. The summed E-state index contributed by atoms with van der Waals surface area (Å²) in [5, 5.41) is 0. The second-order valence-corrected chi connectivity index (χ2v) is 6.56. The number of hydrogen-bond acceptors (Lipinski definition) is 3. The van der Waals surface area contributed by atoms with Crippen LogP contribution < -0.4 is 14.4 Å². The molecule has 1 heterocycles. The van der Waals surface area contributed by atoms with Gasteiger partial charge in [-0.3, -0.25) is 4.79 Å². The fourth-order valence-corrected chi connectivity index (χ4v) is 3.23. The summed E-state index contributed by atoms with van der Waals surface area (Å²) in [6.07, 6.45) is 0. The molecule has 0 saturated carbocycles. The van der Waals surface area contributed by atoms with Crippen LogP contribution in [0.5, 0.6) is 11.5 Å². The molecule has 3 rings (SSSR count). The Hall–Kier alpha value is -1.53. The molecule has 0 N–H and O–H groups in total. The maximum Gasteiger partial charge on any atom is 0.231 e. The molecule has 0 spiro atoms. The Morgan fingerprint density at radius 2 is 1.82 bits per heavy atom. The lowest BCUT2D eigenvalue weighted by Gasteiger charge is -2.23. The van der Waals surface area contributed by atoms with Crippen LogP contribution in [0.15, 0.2) is 45.3 Å². The first kappa shape index (κ1) is 15.4. The normalized spacial score (nSPS) is 12.3. The van der Waals surface area contributed by atoms with E-state index in [0.717, 1.165) is 20.2 Å². The largest absolute Gasteiger partial charge is 0.454 e. The van der Waals surface area contributed by atoms with E-state index in [-0.39, 0.29) is 12.7 Å². The highest BCUT2D eigenvalue weighted by atomic mass is 79.9. The number of hydrogen-bond donors (Lipinski definition) is 0. The molecule has 0 aromatic heterocycles. The monoisotopic (exact) mass is 425 g/mol. The van der Waals surface area contributed by atoms with E-state index in [2.05, 4.69) is 31.9 Å². The van der Waals surface area contributed by atoms with Crippen LogP contribution in [0.1, 0.15) is 12.5 Å². The highest BCUT2D eigenvalue weighted by molar-refractivity contribution is 9.11. The van der Waals surface area contributed by atoms with Crippen LogP contribution in [-0.4, -0.2) is 12.7 Å². The molecular weight excluding hydrogens is 414 g/mol. The molecule has 0 unspecified atom stereocenters. The molecule has 0 saturated heterocycles. The number of carbonyl (C=O) groups excluding carboxylic acids is 1. The molecule has 2 aromatic carbocycles. The minimum absolute atomic E-state index is 0.0310. The van der Waals surface area contributed by atoms with Crippen molar-refractivity contribution in [1.82, 2.24) is 0 Å². The predicted octanol–water partition coefficient (Wildman–Crippen LogP) is 4.49. The maximum atomic E-state index is 12.1. The number of rotatable bonds is 3. The topological polar surface area (TPSA) is 38.8 Å². The van der Waals surface area contributed by atoms with E-state index in [1.165, 1.54) is 0 Å². The second-order valence-electron chi connectivity index (χ2n) is 4.85. The van der Waals surface area contributed by atoms with Crippen LogP contribution in [0.2, 0.25) is 0 Å². The van der Waals surface area contributed by atoms with Gasteiger partial charge in [0.15, 0.2) is 11.5 Å². The van der Waals surface area contributed by atoms with Crippen molar-refractivity contribution in [2.24, 2.45) is 0 Å². The molecule has 6 heteroatoms. The molecule has 2 aromatic rings. The van der Waals surface area contributed by atoms with Gasteiger partial charge in [0.25, 0.3) is 0 Å². The van der Waals surface area contributed by atoms with Gasteiger partial charge in [0.1, 0.15) is 0 Å². The van der Waals surface area contributed by atoms with Crippen molar-refractivity contribution >= 4 is 43.5 Å². The number of anilines is 1. The number of carbonyl (C=O) groups is 1. The Kier molecular flexibility index (Phi) is 4.40. The third-order valence-electron chi connectivity index (χ3n) is 3.39. The molecular formula is C16H13Br2NO3. The second kappa shape index (κ2) is 6.30. The quantitative estimate of drug-likeness (QED) is 0.725. The lowest BCUT2D eigenvalue weighted by molar-refractivity contribution is -0.116. The third-order valence-corrected chi connectivity index (χ3v) is 4.80. The summed E-state index contributed by atoms with van der Waals surface area (Å²) in [7, 11) is 0. The molecule has 4 nitrogen and oxygen atoms in total. The van der Waals surface area contributed by atoms with Crippen molar-refractivity contribution in [2.45, 2.75) is 13.5 Å². The molecule has 0 atom stereocenters. The van der Waals surface area contributed by atoms with Gasteiger partial charge in [-0.2, -0.15) is 0 Å². The number of halogens is 2. The van der Waals surface area contributed by atoms with Crippen molar-refractivity contribution in [3.05, 3.63) is 50.9 Å². The van der Waals surface area contributed by atoms with Crippen LogP contribution in [-0.2, 0) is 11.3 Å². The first-order chi connectivity index (χ1) is 10.6. The standard InChI is InChI=1S/C16H13Br2NO3/c1-10(20)19(14-5-3-2-4-12(14)17)8-11-6-15-16(7-13(11)18)22-9-21-15/h2-7H,8-9H2,1H3. The first-order valence-corrected chi connectivity index (χ1v) is 8.25. The van der Waals surface area contributed by atoms with Gasteiger partial charge in [0, 0.05) is 15.9 Å². The van der Waals surface area contributed by atoms with E-state index in [1.54, 1.807) is 11.8 Å². The Labute approximate surface area is 145 Å². The van der Waals surface area contributed by atoms with Crippen molar-refractivity contribution in [1.29, 1.82) is 0 Å². The Bertz CT molecular complexity index is 733. The van der Waals surface area contributed by atoms with E-state index in [1.807, 2.05) is 36.4 Å². The Morgan fingerprint density at radius 1 is 1.14 bits per heavy atom. The van der Waals surface area contributed by atoms with E-state index in [4.69, 9.17) is 9.47 Å². The summed E-state index contributed by atoms with van der Waals surface area (Å²) >= 11 is 7.03. The molecule has 0 aliphatic carbocycles. The smallest absolute Gasteiger partial charge is 0.231 e. The minimum atomic E-state index is -0.0310. The van der Waals surface area contributed by atoms with Gasteiger partial charge < -0.3 is 14.4 Å². The third kappa shape index (κ3) is 2.98. The highest BCUT2D eigenvalue weighted by Crippen LogP contribution is 2.38. The molecule has 0 fully saturated rings. The van der Waals surface area contributed by atoms with Crippen LogP contribution in [0.25, 0.3) is 0 Å². The summed E-state index contributed by atoms with van der Waals surface area (Å²) in [5.41, 5.74) is 1.79. The van der Waals surface area contributed by atoms with Gasteiger partial charge in [-0.1, -0.05) is 28.1 Å². The number of benzene rings is 2. The maximum absolute atomic E-state index is 12.1. The van der Waals surface area contributed by atoms with Crippen molar-refractivity contribution in [3.8, 4) is 11.5 Å². The minimum Gasteiger partial charge on any atom is -0.454 e. The molecule has 1 aliphatic heterocycles. The lowest BCUT2D eigenvalue weighted by atomic mass is 10.1. The van der Waals surface area contributed by atoms with Gasteiger partial charge in [0.2, 0.25) is 12.7 Å². The zero-order valence-electron chi connectivity index (χ0n) is 11.8. The summed E-state index contributed by atoms with van der Waals surface area (Å²) in [5.74, 6) is 1.39. The number of ether oxygens (including phenoxy) is 2. The summed E-state index contributed by atoms with van der Waals surface area (Å²) in [6, 6.07) is 11.4. The predicted molar refractivity (Wildman–Crippen MR) is 91.3 cm³/mol. The molecule has 0 bridgehead atoms. The average molecular weight is 427 g/mol. The van der Waals surface area contributed by atoms with E-state index < -0.39 is 0 Å². The summed E-state index contributed by atoms with van der Waals surface area (Å²) < 4.78 is 12.5. The molecule has 114 valence electrons. The van der Waals surface area contributed by atoms with Gasteiger partial charge in [-0.15, -0.1) is 0 Å². The SMILES string of the molecule is CC(=O)N(Cc1cc2c(cc1Br)OCO2)c1ccccc1Br. The average Bonchev–Trinajstić information content (AvgIpc) is 2.92. The van der Waals surface area contributed by atoms with Crippen LogP contribution >= 0.6 is 31.9 Å². The Balaban J connectivity index is 1.96. The number of fused-ring (bicyclic) bond motifs is 1. The zero-order chi connectivity index (χ0) is 15.7. The van der Waals surface area contributed by atoms with Crippen LogP contribution in [0.4, 0.5) is 5.69 Å². The molecule has 1 amide bonds. The first-order valence-electron chi connectivity index (χ1n) is 6.67. The van der Waals surface area contributed by atoms with E-state index >= 15 is 0 Å². The number of para-hydroxylation sites is 1. The highest BCUT2D eigenvalue weighted by Gasteiger charge is 2.20. The number of nitrogens with zero attached hydrogens (tertiary/aromatic N) is 1. The van der Waals surface area contributed by atoms with Crippen molar-refractivity contribution in [3.63, 3.8) is 0 Å². The fourth-order valence-electron chi connectivity index (χ4n) is 2.29. The molecule has 0 radical (unpaired) electrons. The Morgan fingerprint density at radius 3 is 2.50 bits per heavy atom. The molecule has 22 heavy (non-hydrogen) atoms. The van der Waals surface area contributed by atoms with E-state index in [0.29, 0.717) is 18.0 Å². The van der Waals surface area contributed by atoms with Crippen molar-refractivity contribution in [2.75, 3.05) is 11.7 Å². The van der Waals surface area contributed by atoms with E-state index in [9.17, 15) is 4.79 Å². The van der Waals surface area contributed by atoms with Gasteiger partial charge in [-0.05, 0) is 45.8 Å². The molecule has 1 aliphatic rings. The fraction of sp³-hybridized carbons (Fsp3) is 0.188. The van der Waals surface area contributed by atoms with Gasteiger partial charge in [0.05, 0.1) is 12.2 Å². The zero-order valence-corrected chi connectivity index (χ0v) is 15.0. The van der Waals surface area contributed by atoms with Gasteiger partial charge >= 0.3 is 0 Å². The van der Waals surface area contributed by atoms with Crippen LogP contribution in [0, 0.1) is 0 Å². The number of amides is 1. The van der Waals surface area contributed by atoms with Crippen LogP contribution in [0.3, 0.4) is 0 Å².